The van der Waals surface area contributed by atoms with Crippen LogP contribution >= 0.6 is 0 Å². The predicted molar refractivity (Wildman–Crippen MR) is 130 cm³/mol. The van der Waals surface area contributed by atoms with Gasteiger partial charge in [-0.1, -0.05) is 18.2 Å². The van der Waals surface area contributed by atoms with Gasteiger partial charge in [-0.2, -0.15) is 0 Å². The number of amides is 2. The molecule has 1 saturated carbocycles. The molecule has 2 fully saturated rings. The Labute approximate surface area is 194 Å². The van der Waals surface area contributed by atoms with Crippen LogP contribution in [0.3, 0.4) is 0 Å². The van der Waals surface area contributed by atoms with Crippen molar-refractivity contribution < 1.29 is 18.0 Å². The fourth-order valence-electron chi connectivity index (χ4n) is 4.88. The van der Waals surface area contributed by atoms with E-state index < -0.39 is 9.84 Å². The third-order valence-corrected chi connectivity index (χ3v) is 8.46. The highest BCUT2D eigenvalue weighted by Gasteiger charge is 2.39. The van der Waals surface area contributed by atoms with Gasteiger partial charge >= 0.3 is 0 Å². The van der Waals surface area contributed by atoms with Crippen LogP contribution in [0, 0.1) is 5.92 Å². The molecule has 2 aromatic carbocycles. The first-order valence-electron chi connectivity index (χ1n) is 11.5. The van der Waals surface area contributed by atoms with E-state index in [-0.39, 0.29) is 35.3 Å². The van der Waals surface area contributed by atoms with Crippen molar-refractivity contribution in [3.8, 4) is 11.1 Å². The zero-order valence-electron chi connectivity index (χ0n) is 19.0. The molecule has 174 valence electrons. The molecular weight excluding hydrogens is 438 g/mol. The first kappa shape index (κ1) is 21.9. The first-order valence-corrected chi connectivity index (χ1v) is 13.4. The summed E-state index contributed by atoms with van der Waals surface area (Å²) in [4.78, 5) is 31.1. The highest BCUT2D eigenvalue weighted by atomic mass is 32.2. The minimum atomic E-state index is -2.91. The molecule has 0 unspecified atom stereocenters. The van der Waals surface area contributed by atoms with Gasteiger partial charge in [0.2, 0.25) is 11.8 Å². The maximum Gasteiger partial charge on any atom is 0.230 e. The topological polar surface area (TPSA) is 78.0 Å². The van der Waals surface area contributed by atoms with Crippen molar-refractivity contribution in [3.05, 3.63) is 42.5 Å². The number of carbonyl (C=O) groups is 2. The molecule has 0 radical (unpaired) electrons. The second kappa shape index (κ2) is 8.17. The van der Waals surface area contributed by atoms with Crippen LogP contribution in [0.2, 0.25) is 0 Å². The Balaban J connectivity index is 1.45. The lowest BCUT2D eigenvalue weighted by Crippen LogP contribution is -2.51. The largest absolute Gasteiger partial charge is 0.369 e. The van der Waals surface area contributed by atoms with E-state index in [2.05, 4.69) is 4.90 Å². The van der Waals surface area contributed by atoms with E-state index in [4.69, 9.17) is 0 Å². The van der Waals surface area contributed by atoms with Gasteiger partial charge in [0.05, 0.1) is 28.9 Å². The molecule has 2 amide bonds. The number of nitrogens with zero attached hydrogens (tertiary/aromatic N) is 3. The number of hydrogen-bond donors (Lipinski definition) is 0. The number of rotatable bonds is 3. The van der Waals surface area contributed by atoms with Gasteiger partial charge in [-0.25, -0.2) is 8.42 Å². The van der Waals surface area contributed by atoms with Gasteiger partial charge in [0.15, 0.2) is 9.84 Å². The summed E-state index contributed by atoms with van der Waals surface area (Å²) in [5.41, 5.74) is 4.58. The number of carbonyl (C=O) groups excluding carboxylic acids is 2. The van der Waals surface area contributed by atoms with E-state index in [0.29, 0.717) is 19.6 Å². The van der Waals surface area contributed by atoms with Crippen LogP contribution < -0.4 is 14.7 Å². The van der Waals surface area contributed by atoms with Gasteiger partial charge in [0, 0.05) is 38.2 Å². The third-order valence-electron chi connectivity index (χ3n) is 6.86. The molecule has 2 aliphatic heterocycles. The molecular formula is C25H29N3O4S. The Morgan fingerprint density at radius 3 is 2.15 bits per heavy atom. The lowest BCUT2D eigenvalue weighted by molar-refractivity contribution is -0.120. The van der Waals surface area contributed by atoms with Crippen molar-refractivity contribution >= 4 is 38.7 Å². The SMILES string of the molecule is CC(=O)N1c2ccc(-c3ccc(N4CCS(=O)(=O)CC4)cc3)cc2N(C(=O)C2CC2)C[C@@H]1C. The second-order valence-electron chi connectivity index (χ2n) is 9.35. The summed E-state index contributed by atoms with van der Waals surface area (Å²) in [6.07, 6.45) is 1.88. The van der Waals surface area contributed by atoms with Crippen molar-refractivity contribution in [2.24, 2.45) is 5.92 Å². The Kier molecular flexibility index (Phi) is 5.43. The standard InChI is InChI=1S/C25H29N3O4S/c1-17-16-27(25(30)20-3-4-20)24-15-21(7-10-23(24)28(17)18(2)29)19-5-8-22(9-6-19)26-11-13-33(31,32)14-12-26/h5-10,15,17,20H,3-4,11-14,16H2,1-2H3/t17-/m0/s1. The minimum Gasteiger partial charge on any atom is -0.369 e. The summed E-state index contributed by atoms with van der Waals surface area (Å²) in [6, 6.07) is 14.0. The molecule has 5 rings (SSSR count). The van der Waals surface area contributed by atoms with E-state index in [1.807, 2.05) is 54.3 Å². The van der Waals surface area contributed by atoms with Crippen LogP contribution in [0.25, 0.3) is 11.1 Å². The van der Waals surface area contributed by atoms with Gasteiger partial charge in [-0.15, -0.1) is 0 Å². The van der Waals surface area contributed by atoms with Crippen LogP contribution in [0.15, 0.2) is 42.5 Å². The average Bonchev–Trinajstić information content (AvgIpc) is 3.63. The van der Waals surface area contributed by atoms with Gasteiger partial charge in [-0.05, 0) is 55.2 Å². The van der Waals surface area contributed by atoms with Crippen molar-refractivity contribution in [1.82, 2.24) is 0 Å². The fraction of sp³-hybridized carbons (Fsp3) is 0.440. The van der Waals surface area contributed by atoms with Crippen molar-refractivity contribution in [3.63, 3.8) is 0 Å². The molecule has 0 bridgehead atoms. The fourth-order valence-corrected chi connectivity index (χ4v) is 6.08. The van der Waals surface area contributed by atoms with Crippen molar-refractivity contribution in [2.75, 3.05) is 45.8 Å². The molecule has 1 aliphatic carbocycles. The highest BCUT2D eigenvalue weighted by Crippen LogP contribution is 2.42. The summed E-state index contributed by atoms with van der Waals surface area (Å²) < 4.78 is 23.4. The summed E-state index contributed by atoms with van der Waals surface area (Å²) in [7, 11) is -2.91. The van der Waals surface area contributed by atoms with Crippen LogP contribution in [0.5, 0.6) is 0 Å². The summed E-state index contributed by atoms with van der Waals surface area (Å²) in [6.45, 7) is 5.07. The average molecular weight is 468 g/mol. The first-order chi connectivity index (χ1) is 15.7. The molecule has 33 heavy (non-hydrogen) atoms. The molecule has 2 heterocycles. The Morgan fingerprint density at radius 1 is 0.909 bits per heavy atom. The van der Waals surface area contributed by atoms with Crippen LogP contribution in [0.4, 0.5) is 17.1 Å². The molecule has 0 aromatic heterocycles. The molecule has 0 N–H and O–H groups in total. The maximum absolute atomic E-state index is 13.0. The van der Waals surface area contributed by atoms with E-state index >= 15 is 0 Å². The van der Waals surface area contributed by atoms with Crippen LogP contribution in [-0.2, 0) is 19.4 Å². The van der Waals surface area contributed by atoms with Crippen molar-refractivity contribution in [1.29, 1.82) is 0 Å². The van der Waals surface area contributed by atoms with Gasteiger partial charge < -0.3 is 14.7 Å². The molecule has 3 aliphatic rings. The van der Waals surface area contributed by atoms with Gasteiger partial charge in [0.1, 0.15) is 0 Å². The number of sulfone groups is 1. The summed E-state index contributed by atoms with van der Waals surface area (Å²) >= 11 is 0. The molecule has 8 heteroatoms. The predicted octanol–water partition coefficient (Wildman–Crippen LogP) is 3.09. The number of hydrogen-bond acceptors (Lipinski definition) is 5. The number of benzene rings is 2. The third kappa shape index (κ3) is 4.24. The maximum atomic E-state index is 13.0. The summed E-state index contributed by atoms with van der Waals surface area (Å²) in [5.74, 6) is 0.609. The van der Waals surface area contributed by atoms with E-state index in [1.165, 1.54) is 0 Å². The molecule has 2 aromatic rings. The monoisotopic (exact) mass is 467 g/mol. The van der Waals surface area contributed by atoms with Gasteiger partial charge in [-0.3, -0.25) is 9.59 Å². The summed E-state index contributed by atoms with van der Waals surface area (Å²) in [5, 5.41) is 0. The second-order valence-corrected chi connectivity index (χ2v) is 11.7. The van der Waals surface area contributed by atoms with E-state index in [0.717, 1.165) is 41.0 Å². The number of anilines is 3. The Morgan fingerprint density at radius 2 is 1.55 bits per heavy atom. The highest BCUT2D eigenvalue weighted by molar-refractivity contribution is 7.91. The lowest BCUT2D eigenvalue weighted by Gasteiger charge is -2.41. The minimum absolute atomic E-state index is 0.0251. The normalized spacial score (nSPS) is 22.1. The molecule has 7 nitrogen and oxygen atoms in total. The van der Waals surface area contributed by atoms with Gasteiger partial charge in [0.25, 0.3) is 0 Å². The van der Waals surface area contributed by atoms with Crippen molar-refractivity contribution in [2.45, 2.75) is 32.7 Å². The van der Waals surface area contributed by atoms with E-state index in [9.17, 15) is 18.0 Å². The lowest BCUT2D eigenvalue weighted by atomic mass is 10.00. The van der Waals surface area contributed by atoms with Crippen LogP contribution in [-0.4, -0.2) is 57.4 Å². The van der Waals surface area contributed by atoms with E-state index in [1.54, 1.807) is 11.8 Å². The molecule has 1 atom stereocenters. The molecule has 0 spiro atoms. The molecule has 1 saturated heterocycles. The number of fused-ring (bicyclic) bond motifs is 1. The zero-order chi connectivity index (χ0) is 23.3. The smallest absolute Gasteiger partial charge is 0.230 e. The Hall–Kier alpha value is -2.87. The van der Waals surface area contributed by atoms with Crippen LogP contribution in [0.1, 0.15) is 26.7 Å². The Bertz CT molecular complexity index is 1190. The quantitative estimate of drug-likeness (QED) is 0.693. The zero-order valence-corrected chi connectivity index (χ0v) is 19.8.